The molecule has 0 aliphatic heterocycles. The molecule has 130 valence electrons. The lowest BCUT2D eigenvalue weighted by atomic mass is 10.1. The van der Waals surface area contributed by atoms with Crippen LogP contribution in [0.5, 0.6) is 5.75 Å². The highest BCUT2D eigenvalue weighted by Crippen LogP contribution is 2.22. The predicted molar refractivity (Wildman–Crippen MR) is 101 cm³/mol. The van der Waals surface area contributed by atoms with Crippen molar-refractivity contribution in [3.63, 3.8) is 0 Å². The molecule has 0 heterocycles. The Morgan fingerprint density at radius 2 is 1.96 bits per heavy atom. The number of carbonyl (C=O) groups is 2. The molecule has 0 bridgehead atoms. The monoisotopic (exact) mass is 402 g/mol. The molecular formula is C19H19BrN2O3. The lowest BCUT2D eigenvalue weighted by Crippen LogP contribution is -2.18. The van der Waals surface area contributed by atoms with Gasteiger partial charge in [-0.05, 0) is 37.3 Å². The van der Waals surface area contributed by atoms with Crippen molar-refractivity contribution in [3.05, 3.63) is 63.6 Å². The van der Waals surface area contributed by atoms with E-state index in [9.17, 15) is 9.59 Å². The maximum absolute atomic E-state index is 12.1. The van der Waals surface area contributed by atoms with Crippen molar-refractivity contribution in [2.45, 2.75) is 20.8 Å². The van der Waals surface area contributed by atoms with Crippen LogP contribution in [-0.2, 0) is 4.79 Å². The van der Waals surface area contributed by atoms with E-state index >= 15 is 0 Å². The molecule has 25 heavy (non-hydrogen) atoms. The number of nitrogens with zero attached hydrogens (tertiary/aromatic N) is 1. The third-order valence-electron chi connectivity index (χ3n) is 3.30. The molecule has 1 N–H and O–H groups in total. The molecule has 0 atom stereocenters. The Hall–Kier alpha value is -2.47. The second kappa shape index (κ2) is 8.58. The molecule has 5 nitrogen and oxygen atoms in total. The number of halogens is 1. The van der Waals surface area contributed by atoms with Crippen LogP contribution in [0, 0.1) is 12.8 Å². The van der Waals surface area contributed by atoms with Gasteiger partial charge in [-0.1, -0.05) is 47.5 Å². The van der Waals surface area contributed by atoms with Crippen LogP contribution in [0.2, 0.25) is 0 Å². The molecule has 1 amide bonds. The highest BCUT2D eigenvalue weighted by molar-refractivity contribution is 9.10. The van der Waals surface area contributed by atoms with Crippen LogP contribution in [0.1, 0.15) is 35.3 Å². The maximum Gasteiger partial charge on any atom is 0.313 e. The molecule has 0 aliphatic rings. The van der Waals surface area contributed by atoms with Crippen LogP contribution < -0.4 is 10.2 Å². The Bertz CT molecular complexity index is 816. The van der Waals surface area contributed by atoms with E-state index < -0.39 is 0 Å². The second-order valence-electron chi connectivity index (χ2n) is 5.83. The standard InChI is InChI=1S/C19H19BrN2O3/c1-12(2)19(24)25-17-8-7-16(20)10-15(17)11-21-22-18(23)14-6-4-5-13(3)9-14/h4-12H,1-3H3,(H,22,23)/b21-11+. The second-order valence-corrected chi connectivity index (χ2v) is 6.74. The minimum atomic E-state index is -0.333. The Balaban J connectivity index is 2.13. The fourth-order valence-corrected chi connectivity index (χ4v) is 2.33. The number of aryl methyl sites for hydroxylation is 1. The lowest BCUT2D eigenvalue weighted by Gasteiger charge is -2.09. The van der Waals surface area contributed by atoms with E-state index in [2.05, 4.69) is 26.5 Å². The summed E-state index contributed by atoms with van der Waals surface area (Å²) in [6.07, 6.45) is 1.45. The van der Waals surface area contributed by atoms with Gasteiger partial charge in [-0.2, -0.15) is 5.10 Å². The van der Waals surface area contributed by atoms with Crippen molar-refractivity contribution >= 4 is 34.0 Å². The van der Waals surface area contributed by atoms with Crippen LogP contribution in [0.4, 0.5) is 0 Å². The number of benzene rings is 2. The first kappa shape index (κ1) is 18.9. The van der Waals surface area contributed by atoms with Gasteiger partial charge in [0.05, 0.1) is 12.1 Å². The summed E-state index contributed by atoms with van der Waals surface area (Å²) in [5.41, 5.74) is 4.57. The zero-order valence-electron chi connectivity index (χ0n) is 14.2. The van der Waals surface area contributed by atoms with Gasteiger partial charge < -0.3 is 4.74 Å². The number of amides is 1. The molecule has 6 heteroatoms. The number of esters is 1. The average Bonchev–Trinajstić information content (AvgIpc) is 2.56. The smallest absolute Gasteiger partial charge is 0.313 e. The molecule has 0 aliphatic carbocycles. The third-order valence-corrected chi connectivity index (χ3v) is 3.80. The zero-order chi connectivity index (χ0) is 18.4. The first-order chi connectivity index (χ1) is 11.9. The van der Waals surface area contributed by atoms with E-state index in [4.69, 9.17) is 4.74 Å². The molecule has 0 saturated heterocycles. The molecule has 0 aromatic heterocycles. The average molecular weight is 403 g/mol. The van der Waals surface area contributed by atoms with Crippen molar-refractivity contribution in [1.82, 2.24) is 5.43 Å². The van der Waals surface area contributed by atoms with Gasteiger partial charge in [0.15, 0.2) is 0 Å². The van der Waals surface area contributed by atoms with Gasteiger partial charge in [-0.15, -0.1) is 0 Å². The molecule has 0 saturated carbocycles. The number of hydrogen-bond donors (Lipinski definition) is 1. The van der Waals surface area contributed by atoms with Crippen LogP contribution >= 0.6 is 15.9 Å². The molecule has 2 aromatic carbocycles. The highest BCUT2D eigenvalue weighted by Gasteiger charge is 2.12. The maximum atomic E-state index is 12.1. The van der Waals surface area contributed by atoms with E-state index in [1.807, 2.05) is 19.1 Å². The van der Waals surface area contributed by atoms with Gasteiger partial charge in [-0.25, -0.2) is 5.43 Å². The lowest BCUT2D eigenvalue weighted by molar-refractivity contribution is -0.137. The Kier molecular flexibility index (Phi) is 6.47. The third kappa shape index (κ3) is 5.53. The summed E-state index contributed by atoms with van der Waals surface area (Å²) in [6.45, 7) is 5.44. The normalized spacial score (nSPS) is 10.9. The van der Waals surface area contributed by atoms with Crippen LogP contribution in [0.25, 0.3) is 0 Å². The van der Waals surface area contributed by atoms with Gasteiger partial charge in [0.1, 0.15) is 5.75 Å². The molecule has 0 unspecified atom stereocenters. The molecular weight excluding hydrogens is 384 g/mol. The first-order valence-corrected chi connectivity index (χ1v) is 8.57. The van der Waals surface area contributed by atoms with E-state index in [-0.39, 0.29) is 17.8 Å². The molecule has 2 aromatic rings. The van der Waals surface area contributed by atoms with Crippen LogP contribution in [0.15, 0.2) is 52.0 Å². The number of carbonyl (C=O) groups excluding carboxylic acids is 2. The van der Waals surface area contributed by atoms with Gasteiger partial charge in [0.25, 0.3) is 5.91 Å². The Labute approximate surface area is 155 Å². The highest BCUT2D eigenvalue weighted by atomic mass is 79.9. The van der Waals surface area contributed by atoms with E-state index in [0.717, 1.165) is 10.0 Å². The van der Waals surface area contributed by atoms with E-state index in [1.54, 1.807) is 44.2 Å². The van der Waals surface area contributed by atoms with E-state index in [1.165, 1.54) is 6.21 Å². The van der Waals surface area contributed by atoms with Crippen molar-refractivity contribution in [3.8, 4) is 5.75 Å². The summed E-state index contributed by atoms with van der Waals surface area (Å²) < 4.78 is 6.16. The van der Waals surface area contributed by atoms with Gasteiger partial charge >= 0.3 is 5.97 Å². The molecule has 0 fully saturated rings. The van der Waals surface area contributed by atoms with Gasteiger partial charge in [0.2, 0.25) is 0 Å². The summed E-state index contributed by atoms with van der Waals surface area (Å²) in [5.74, 6) is -0.499. The summed E-state index contributed by atoms with van der Waals surface area (Å²) >= 11 is 3.37. The first-order valence-electron chi connectivity index (χ1n) is 7.78. The van der Waals surface area contributed by atoms with Gasteiger partial charge in [-0.3, -0.25) is 9.59 Å². The van der Waals surface area contributed by atoms with Crippen molar-refractivity contribution in [2.24, 2.45) is 11.0 Å². The number of ether oxygens (including phenoxy) is 1. The van der Waals surface area contributed by atoms with Crippen molar-refractivity contribution in [1.29, 1.82) is 0 Å². The molecule has 0 radical (unpaired) electrons. The number of nitrogens with one attached hydrogen (secondary N) is 1. The fraction of sp³-hybridized carbons (Fsp3) is 0.211. The summed E-state index contributed by atoms with van der Waals surface area (Å²) in [5, 5.41) is 3.96. The molecule has 2 rings (SSSR count). The van der Waals surface area contributed by atoms with Crippen LogP contribution in [-0.4, -0.2) is 18.1 Å². The summed E-state index contributed by atoms with van der Waals surface area (Å²) in [4.78, 5) is 23.9. The van der Waals surface area contributed by atoms with Gasteiger partial charge in [0, 0.05) is 15.6 Å². The SMILES string of the molecule is Cc1cccc(C(=O)N/N=C/c2cc(Br)ccc2OC(=O)C(C)C)c1. The topological polar surface area (TPSA) is 67.8 Å². The van der Waals surface area contributed by atoms with Crippen LogP contribution in [0.3, 0.4) is 0 Å². The minimum absolute atomic E-state index is 0.241. The predicted octanol–water partition coefficient (Wildman–Crippen LogP) is 4.08. The summed E-state index contributed by atoms with van der Waals surface area (Å²) in [6, 6.07) is 12.4. The fourth-order valence-electron chi connectivity index (χ4n) is 1.95. The van der Waals surface area contributed by atoms with E-state index in [0.29, 0.717) is 16.9 Å². The minimum Gasteiger partial charge on any atom is -0.426 e. The Morgan fingerprint density at radius 1 is 1.20 bits per heavy atom. The zero-order valence-corrected chi connectivity index (χ0v) is 15.8. The number of hydrogen-bond acceptors (Lipinski definition) is 4. The van der Waals surface area contributed by atoms with Crippen molar-refractivity contribution in [2.75, 3.05) is 0 Å². The largest absolute Gasteiger partial charge is 0.426 e. The number of hydrazone groups is 1. The number of rotatable bonds is 5. The van der Waals surface area contributed by atoms with Crippen molar-refractivity contribution < 1.29 is 14.3 Å². The summed E-state index contributed by atoms with van der Waals surface area (Å²) in [7, 11) is 0. The quantitative estimate of drug-likeness (QED) is 0.354. The Morgan fingerprint density at radius 3 is 2.64 bits per heavy atom. The molecule has 0 spiro atoms.